The first kappa shape index (κ1) is 18.6. The van der Waals surface area contributed by atoms with Crippen LogP contribution in [0.1, 0.15) is 24.8 Å². The van der Waals surface area contributed by atoms with E-state index in [4.69, 9.17) is 0 Å². The molecular formula is C22H28N6. The van der Waals surface area contributed by atoms with E-state index < -0.39 is 0 Å². The molecule has 1 saturated heterocycles. The number of rotatable bonds is 5. The molecule has 1 aliphatic rings. The van der Waals surface area contributed by atoms with E-state index in [0.717, 1.165) is 25.5 Å². The second kappa shape index (κ2) is 8.52. The summed E-state index contributed by atoms with van der Waals surface area (Å²) < 4.78 is 1.92. The van der Waals surface area contributed by atoms with Gasteiger partial charge in [-0.05, 0) is 60.5 Å². The number of anilines is 1. The van der Waals surface area contributed by atoms with Gasteiger partial charge >= 0.3 is 0 Å². The molecule has 6 heteroatoms. The summed E-state index contributed by atoms with van der Waals surface area (Å²) in [4.78, 5) is 4.67. The van der Waals surface area contributed by atoms with Crippen molar-refractivity contribution in [2.75, 3.05) is 32.1 Å². The minimum atomic E-state index is 0.639. The van der Waals surface area contributed by atoms with Crippen molar-refractivity contribution >= 4 is 5.95 Å². The van der Waals surface area contributed by atoms with Gasteiger partial charge in [0.2, 0.25) is 5.95 Å². The van der Waals surface area contributed by atoms with Gasteiger partial charge in [0.05, 0.1) is 6.54 Å². The lowest BCUT2D eigenvalue weighted by Gasteiger charge is -2.23. The summed E-state index contributed by atoms with van der Waals surface area (Å²) in [7, 11) is 4.34. The number of nitrogens with zero attached hydrogens (tertiary/aromatic N) is 6. The van der Waals surface area contributed by atoms with Gasteiger partial charge < -0.3 is 9.80 Å². The topological polar surface area (TPSA) is 50.1 Å². The minimum Gasteiger partial charge on any atom is -0.340 e. The maximum Gasteiger partial charge on any atom is 0.245 e. The predicted octanol–water partition coefficient (Wildman–Crippen LogP) is 3.31. The SMILES string of the molecule is CN(C)C1CCCN(c2nnnn2Cc2ccc(-c3ccccc3)cc2)CC1. The molecule has 6 nitrogen and oxygen atoms in total. The van der Waals surface area contributed by atoms with Crippen LogP contribution in [0.15, 0.2) is 54.6 Å². The third kappa shape index (κ3) is 4.22. The zero-order valence-corrected chi connectivity index (χ0v) is 16.7. The molecule has 3 aromatic rings. The van der Waals surface area contributed by atoms with Crippen molar-refractivity contribution < 1.29 is 0 Å². The molecule has 1 aliphatic heterocycles. The van der Waals surface area contributed by atoms with Crippen molar-refractivity contribution in [1.82, 2.24) is 25.1 Å². The minimum absolute atomic E-state index is 0.639. The molecule has 0 amide bonds. The Hall–Kier alpha value is -2.73. The number of tetrazole rings is 1. The van der Waals surface area contributed by atoms with Gasteiger partial charge in [-0.25, -0.2) is 4.68 Å². The molecule has 4 rings (SSSR count). The molecule has 2 aromatic carbocycles. The highest BCUT2D eigenvalue weighted by Crippen LogP contribution is 2.22. The summed E-state index contributed by atoms with van der Waals surface area (Å²) in [6, 6.07) is 19.8. The average molecular weight is 377 g/mol. The number of hydrogen-bond acceptors (Lipinski definition) is 5. The van der Waals surface area contributed by atoms with Crippen molar-refractivity contribution in [2.45, 2.75) is 31.8 Å². The monoisotopic (exact) mass is 376 g/mol. The lowest BCUT2D eigenvalue weighted by molar-refractivity contribution is 0.272. The number of hydrogen-bond donors (Lipinski definition) is 0. The molecule has 28 heavy (non-hydrogen) atoms. The fourth-order valence-corrected chi connectivity index (χ4v) is 3.93. The fourth-order valence-electron chi connectivity index (χ4n) is 3.93. The van der Waals surface area contributed by atoms with Gasteiger partial charge in [-0.15, -0.1) is 0 Å². The van der Waals surface area contributed by atoms with Gasteiger partial charge in [-0.3, -0.25) is 0 Å². The number of benzene rings is 2. The Bertz CT molecular complexity index is 872. The molecule has 1 fully saturated rings. The van der Waals surface area contributed by atoms with Crippen LogP contribution in [0.4, 0.5) is 5.95 Å². The van der Waals surface area contributed by atoms with E-state index in [1.807, 2.05) is 10.7 Å². The van der Waals surface area contributed by atoms with Gasteiger partial charge in [0.1, 0.15) is 0 Å². The van der Waals surface area contributed by atoms with Crippen LogP contribution < -0.4 is 4.90 Å². The van der Waals surface area contributed by atoms with Crippen LogP contribution in [-0.4, -0.2) is 58.3 Å². The zero-order valence-electron chi connectivity index (χ0n) is 16.7. The van der Waals surface area contributed by atoms with Crippen molar-refractivity contribution in [3.05, 3.63) is 60.2 Å². The summed E-state index contributed by atoms with van der Waals surface area (Å²) in [5.41, 5.74) is 3.66. The summed E-state index contributed by atoms with van der Waals surface area (Å²) in [5, 5.41) is 12.5. The quantitative estimate of drug-likeness (QED) is 0.684. The third-order valence-electron chi connectivity index (χ3n) is 5.62. The Morgan fingerprint density at radius 2 is 1.68 bits per heavy atom. The zero-order chi connectivity index (χ0) is 19.3. The highest BCUT2D eigenvalue weighted by Gasteiger charge is 2.22. The Labute approximate surface area is 166 Å². The van der Waals surface area contributed by atoms with Crippen LogP contribution in [0.2, 0.25) is 0 Å². The molecular weight excluding hydrogens is 348 g/mol. The first-order chi connectivity index (χ1) is 13.7. The molecule has 0 N–H and O–H groups in total. The van der Waals surface area contributed by atoms with Gasteiger partial charge in [-0.1, -0.05) is 59.7 Å². The van der Waals surface area contributed by atoms with Crippen molar-refractivity contribution in [1.29, 1.82) is 0 Å². The maximum atomic E-state index is 4.33. The van der Waals surface area contributed by atoms with Crippen LogP contribution >= 0.6 is 0 Å². The van der Waals surface area contributed by atoms with E-state index in [1.54, 1.807) is 0 Å². The van der Waals surface area contributed by atoms with Gasteiger partial charge in [0.15, 0.2) is 0 Å². The van der Waals surface area contributed by atoms with E-state index >= 15 is 0 Å². The standard InChI is InChI=1S/C22H28N6/c1-26(2)21-9-6-15-27(16-14-21)22-23-24-25-28(22)17-18-10-12-20(13-11-18)19-7-4-3-5-8-19/h3-5,7-8,10-13,21H,6,9,14-17H2,1-2H3. The summed E-state index contributed by atoms with van der Waals surface area (Å²) >= 11 is 0. The van der Waals surface area contributed by atoms with Crippen molar-refractivity contribution in [2.24, 2.45) is 0 Å². The van der Waals surface area contributed by atoms with Gasteiger partial charge in [0, 0.05) is 19.1 Å². The normalized spacial score (nSPS) is 17.7. The second-order valence-electron chi connectivity index (χ2n) is 7.73. The van der Waals surface area contributed by atoms with E-state index in [1.165, 1.54) is 29.5 Å². The first-order valence-corrected chi connectivity index (χ1v) is 10.0. The van der Waals surface area contributed by atoms with Crippen LogP contribution in [0.5, 0.6) is 0 Å². The first-order valence-electron chi connectivity index (χ1n) is 10.0. The highest BCUT2D eigenvalue weighted by atomic mass is 15.6. The van der Waals surface area contributed by atoms with Gasteiger partial charge in [-0.2, -0.15) is 0 Å². The average Bonchev–Trinajstić information content (AvgIpc) is 3.03. The van der Waals surface area contributed by atoms with E-state index in [9.17, 15) is 0 Å². The maximum absolute atomic E-state index is 4.33. The fraction of sp³-hybridized carbons (Fsp3) is 0.409. The van der Waals surface area contributed by atoms with Crippen LogP contribution in [0, 0.1) is 0 Å². The van der Waals surface area contributed by atoms with E-state index in [0.29, 0.717) is 12.6 Å². The van der Waals surface area contributed by atoms with Gasteiger partial charge in [0.25, 0.3) is 0 Å². The molecule has 1 aromatic heterocycles. The van der Waals surface area contributed by atoms with Crippen molar-refractivity contribution in [3.63, 3.8) is 0 Å². The Balaban J connectivity index is 1.46. The summed E-state index contributed by atoms with van der Waals surface area (Å²) in [6.07, 6.45) is 3.54. The molecule has 0 saturated carbocycles. The molecule has 0 aliphatic carbocycles. The van der Waals surface area contributed by atoms with Crippen LogP contribution in [0.25, 0.3) is 11.1 Å². The lowest BCUT2D eigenvalue weighted by Crippen LogP contribution is -2.31. The molecule has 0 radical (unpaired) electrons. The van der Waals surface area contributed by atoms with Crippen molar-refractivity contribution in [3.8, 4) is 11.1 Å². The molecule has 146 valence electrons. The number of aromatic nitrogens is 4. The van der Waals surface area contributed by atoms with E-state index in [-0.39, 0.29) is 0 Å². The summed E-state index contributed by atoms with van der Waals surface area (Å²) in [5.74, 6) is 0.881. The molecule has 0 spiro atoms. The molecule has 0 bridgehead atoms. The highest BCUT2D eigenvalue weighted by molar-refractivity contribution is 5.63. The Kier molecular flexibility index (Phi) is 5.67. The van der Waals surface area contributed by atoms with E-state index in [2.05, 4.69) is 88.0 Å². The second-order valence-corrected chi connectivity index (χ2v) is 7.73. The Morgan fingerprint density at radius 1 is 0.929 bits per heavy atom. The largest absolute Gasteiger partial charge is 0.340 e. The summed E-state index contributed by atoms with van der Waals surface area (Å²) in [6.45, 7) is 2.69. The molecule has 2 heterocycles. The Morgan fingerprint density at radius 3 is 2.43 bits per heavy atom. The molecule has 1 atom stereocenters. The van der Waals surface area contributed by atoms with Crippen LogP contribution in [-0.2, 0) is 6.54 Å². The van der Waals surface area contributed by atoms with Crippen LogP contribution in [0.3, 0.4) is 0 Å². The molecule has 1 unspecified atom stereocenters. The smallest absolute Gasteiger partial charge is 0.245 e. The lowest BCUT2D eigenvalue weighted by atomic mass is 10.0. The third-order valence-corrected chi connectivity index (χ3v) is 5.62. The predicted molar refractivity (Wildman–Crippen MR) is 112 cm³/mol.